The molecule has 0 aliphatic carbocycles. The van der Waals surface area contributed by atoms with Crippen molar-refractivity contribution in [2.24, 2.45) is 0 Å². The molecule has 1 aliphatic rings. The molecule has 1 N–H and O–H groups in total. The van der Waals surface area contributed by atoms with Crippen LogP contribution in [0.4, 0.5) is 10.5 Å². The van der Waals surface area contributed by atoms with Crippen molar-refractivity contribution in [1.29, 1.82) is 0 Å². The van der Waals surface area contributed by atoms with Gasteiger partial charge in [-0.15, -0.1) is 11.3 Å². The monoisotopic (exact) mass is 464 g/mol. The predicted octanol–water partition coefficient (Wildman–Crippen LogP) is 4.73. The van der Waals surface area contributed by atoms with Gasteiger partial charge in [0.1, 0.15) is 0 Å². The fourth-order valence-corrected chi connectivity index (χ4v) is 5.32. The maximum Gasteiger partial charge on any atom is 0.288 e. The molecule has 2 unspecified atom stereocenters. The summed E-state index contributed by atoms with van der Waals surface area (Å²) in [6.07, 6.45) is 0. The van der Waals surface area contributed by atoms with Gasteiger partial charge >= 0.3 is 0 Å². The molecule has 1 fully saturated rings. The van der Waals surface area contributed by atoms with Crippen LogP contribution in [0.5, 0.6) is 0 Å². The van der Waals surface area contributed by atoms with Crippen LogP contribution in [0.15, 0.2) is 66.7 Å². The Morgan fingerprint density at radius 2 is 1.75 bits per heavy atom. The third-order valence-corrected chi connectivity index (χ3v) is 7.33. The van der Waals surface area contributed by atoms with Crippen molar-refractivity contribution in [3.63, 3.8) is 0 Å². The number of carbonyl (C=O) groups excluding carboxylic acids is 4. The Hall–Kier alpha value is -3.23. The van der Waals surface area contributed by atoms with Crippen LogP contribution >= 0.6 is 23.1 Å². The third kappa shape index (κ3) is 4.37. The van der Waals surface area contributed by atoms with Crippen LogP contribution in [-0.4, -0.2) is 28.2 Å². The third-order valence-electron chi connectivity index (χ3n) is 5.10. The van der Waals surface area contributed by atoms with Gasteiger partial charge in [0.05, 0.1) is 10.8 Å². The first-order valence-corrected chi connectivity index (χ1v) is 11.7. The molecule has 3 amide bonds. The van der Waals surface area contributed by atoms with Gasteiger partial charge < -0.3 is 0 Å². The molecule has 162 valence electrons. The average Bonchev–Trinajstić information content (AvgIpc) is 3.40. The van der Waals surface area contributed by atoms with E-state index in [4.69, 9.17) is 0 Å². The number of imide groups is 1. The SMILES string of the molecule is Cc1cccc(N(C(=O)C(C)c2ccc(C(=O)c3ccccc3)s2)C2SC(=O)NC2=O)c1. The quantitative estimate of drug-likeness (QED) is 0.533. The zero-order valence-electron chi connectivity index (χ0n) is 17.4. The Morgan fingerprint density at radius 3 is 2.41 bits per heavy atom. The van der Waals surface area contributed by atoms with Gasteiger partial charge in [0.2, 0.25) is 11.7 Å². The van der Waals surface area contributed by atoms with Crippen LogP contribution in [0, 0.1) is 6.92 Å². The fraction of sp³-hybridized carbons (Fsp3) is 0.167. The number of nitrogens with one attached hydrogen (secondary N) is 1. The zero-order valence-corrected chi connectivity index (χ0v) is 19.0. The molecule has 6 nitrogen and oxygen atoms in total. The Labute approximate surface area is 193 Å². The molecule has 4 rings (SSSR count). The van der Waals surface area contributed by atoms with Crippen molar-refractivity contribution in [2.75, 3.05) is 4.90 Å². The van der Waals surface area contributed by atoms with Gasteiger partial charge in [-0.05, 0) is 55.4 Å². The van der Waals surface area contributed by atoms with Crippen molar-refractivity contribution < 1.29 is 19.2 Å². The molecule has 1 aliphatic heterocycles. The number of thiophene rings is 1. The van der Waals surface area contributed by atoms with E-state index in [1.165, 1.54) is 16.2 Å². The summed E-state index contributed by atoms with van der Waals surface area (Å²) in [5, 5.41) is 0.788. The van der Waals surface area contributed by atoms with Gasteiger partial charge in [-0.25, -0.2) is 0 Å². The lowest BCUT2D eigenvalue weighted by molar-refractivity contribution is -0.124. The molecular weight excluding hydrogens is 444 g/mol. The van der Waals surface area contributed by atoms with E-state index in [2.05, 4.69) is 5.32 Å². The Morgan fingerprint density at radius 1 is 1.00 bits per heavy atom. The summed E-state index contributed by atoms with van der Waals surface area (Å²) in [7, 11) is 0. The van der Waals surface area contributed by atoms with Crippen LogP contribution < -0.4 is 10.2 Å². The van der Waals surface area contributed by atoms with Gasteiger partial charge in [0, 0.05) is 16.1 Å². The molecule has 0 spiro atoms. The minimum absolute atomic E-state index is 0.103. The van der Waals surface area contributed by atoms with Gasteiger partial charge in [-0.3, -0.25) is 29.4 Å². The molecule has 0 radical (unpaired) electrons. The van der Waals surface area contributed by atoms with E-state index in [0.717, 1.165) is 17.3 Å². The normalized spacial score (nSPS) is 16.5. The molecule has 2 atom stereocenters. The highest BCUT2D eigenvalue weighted by Crippen LogP contribution is 2.34. The molecular formula is C24H20N2O4S2. The van der Waals surface area contributed by atoms with Crippen LogP contribution in [0.1, 0.15) is 38.5 Å². The van der Waals surface area contributed by atoms with Crippen LogP contribution in [0.3, 0.4) is 0 Å². The van der Waals surface area contributed by atoms with E-state index in [0.29, 0.717) is 21.0 Å². The van der Waals surface area contributed by atoms with E-state index in [9.17, 15) is 19.2 Å². The number of hydrogen-bond acceptors (Lipinski definition) is 6. The first kappa shape index (κ1) is 22.0. The summed E-state index contributed by atoms with van der Waals surface area (Å²) in [6.45, 7) is 3.64. The number of ketones is 1. The van der Waals surface area contributed by atoms with Gasteiger partial charge in [0.15, 0.2) is 5.37 Å². The molecule has 0 bridgehead atoms. The van der Waals surface area contributed by atoms with Crippen molar-refractivity contribution in [3.8, 4) is 0 Å². The highest BCUT2D eigenvalue weighted by Gasteiger charge is 2.41. The highest BCUT2D eigenvalue weighted by molar-refractivity contribution is 8.15. The van der Waals surface area contributed by atoms with Crippen LogP contribution in [0.25, 0.3) is 0 Å². The number of amides is 3. The van der Waals surface area contributed by atoms with Gasteiger partial charge in [0.25, 0.3) is 11.1 Å². The summed E-state index contributed by atoms with van der Waals surface area (Å²) in [5.41, 5.74) is 2.05. The van der Waals surface area contributed by atoms with E-state index in [1.54, 1.807) is 61.5 Å². The number of benzene rings is 2. The molecule has 1 aromatic heterocycles. The average molecular weight is 465 g/mol. The molecule has 2 aromatic carbocycles. The number of aryl methyl sites for hydroxylation is 1. The number of hydrogen-bond donors (Lipinski definition) is 1. The smallest absolute Gasteiger partial charge is 0.288 e. The Bertz CT molecular complexity index is 1210. The van der Waals surface area contributed by atoms with Crippen molar-refractivity contribution >= 4 is 51.6 Å². The summed E-state index contributed by atoms with van der Waals surface area (Å²) in [5.74, 6) is -1.55. The minimum atomic E-state index is -0.982. The second-order valence-electron chi connectivity index (χ2n) is 7.41. The fourth-order valence-electron chi connectivity index (χ4n) is 3.44. The minimum Gasteiger partial charge on any atom is -0.290 e. The van der Waals surface area contributed by atoms with Gasteiger partial charge in [-0.1, -0.05) is 42.5 Å². The lowest BCUT2D eigenvalue weighted by Crippen LogP contribution is -2.45. The van der Waals surface area contributed by atoms with E-state index in [1.807, 2.05) is 19.1 Å². The maximum atomic E-state index is 13.6. The standard InChI is InChI=1S/C24H20N2O4S2/c1-14-7-6-10-17(13-14)26(23-21(28)25-24(30)32-23)22(29)15(2)18-11-12-19(31-18)20(27)16-8-4-3-5-9-16/h3-13,15,23H,1-2H3,(H,25,28,30). The number of anilines is 1. The highest BCUT2D eigenvalue weighted by atomic mass is 32.2. The van der Waals surface area contributed by atoms with E-state index in [-0.39, 0.29) is 11.7 Å². The largest absolute Gasteiger partial charge is 0.290 e. The molecule has 2 heterocycles. The lowest BCUT2D eigenvalue weighted by atomic mass is 10.1. The van der Waals surface area contributed by atoms with Crippen LogP contribution in [-0.2, 0) is 9.59 Å². The van der Waals surface area contributed by atoms with E-state index >= 15 is 0 Å². The zero-order chi connectivity index (χ0) is 22.8. The summed E-state index contributed by atoms with van der Waals surface area (Å²) < 4.78 is 0. The molecule has 0 saturated carbocycles. The second-order valence-corrected chi connectivity index (χ2v) is 9.58. The molecule has 1 saturated heterocycles. The molecule has 32 heavy (non-hydrogen) atoms. The molecule has 8 heteroatoms. The topological polar surface area (TPSA) is 83.6 Å². The van der Waals surface area contributed by atoms with Gasteiger partial charge in [-0.2, -0.15) is 0 Å². The Kier molecular flexibility index (Phi) is 6.25. The van der Waals surface area contributed by atoms with Crippen molar-refractivity contribution in [1.82, 2.24) is 5.32 Å². The predicted molar refractivity (Wildman–Crippen MR) is 126 cm³/mol. The summed E-state index contributed by atoms with van der Waals surface area (Å²) in [6, 6.07) is 19.7. The van der Waals surface area contributed by atoms with Crippen LogP contribution in [0.2, 0.25) is 0 Å². The lowest BCUT2D eigenvalue weighted by Gasteiger charge is -2.28. The first-order valence-electron chi connectivity index (χ1n) is 9.96. The second kappa shape index (κ2) is 9.10. The number of nitrogens with zero attached hydrogens (tertiary/aromatic N) is 1. The number of carbonyl (C=O) groups is 4. The molecule has 3 aromatic rings. The summed E-state index contributed by atoms with van der Waals surface area (Å²) in [4.78, 5) is 53.2. The number of rotatable bonds is 6. The Balaban J connectivity index is 1.64. The number of thioether (sulfide) groups is 1. The summed E-state index contributed by atoms with van der Waals surface area (Å²) >= 11 is 2.05. The van der Waals surface area contributed by atoms with Crippen molar-refractivity contribution in [2.45, 2.75) is 25.1 Å². The maximum absolute atomic E-state index is 13.6. The first-order chi connectivity index (χ1) is 15.3. The van der Waals surface area contributed by atoms with E-state index < -0.39 is 22.4 Å². The van der Waals surface area contributed by atoms with Crippen molar-refractivity contribution in [3.05, 3.63) is 87.6 Å².